The smallest absolute Gasteiger partial charge is 0.111 e. The van der Waals surface area contributed by atoms with Gasteiger partial charge in [-0.1, -0.05) is 33.6 Å². The van der Waals surface area contributed by atoms with Crippen LogP contribution in [-0.2, 0) is 4.74 Å². The molecule has 0 aromatic heterocycles. The first-order valence-corrected chi connectivity index (χ1v) is 6.88. The van der Waals surface area contributed by atoms with Crippen molar-refractivity contribution in [3.05, 3.63) is 33.3 Å². The topological polar surface area (TPSA) is 53.2 Å². The fraction of sp³-hybridized carbons (Fsp3) is 0.462. The van der Waals surface area contributed by atoms with Gasteiger partial charge in [-0.05, 0) is 30.5 Å². The second kappa shape index (κ2) is 5.58. The third-order valence-corrected chi connectivity index (χ3v) is 4.20. The second-order valence-corrected chi connectivity index (χ2v) is 5.78. The Hall–Kier alpha value is -0.600. The van der Waals surface area contributed by atoms with Crippen molar-refractivity contribution < 1.29 is 9.84 Å². The maximum absolute atomic E-state index is 10.5. The minimum absolute atomic E-state index is 0.264. The van der Waals surface area contributed by atoms with Gasteiger partial charge in [-0.25, -0.2) is 0 Å². The molecule has 0 amide bonds. The molecule has 0 saturated carbocycles. The van der Waals surface area contributed by atoms with Crippen LogP contribution in [0.25, 0.3) is 0 Å². The number of nitriles is 1. The number of ether oxygens (including phenoxy) is 1. The van der Waals surface area contributed by atoms with E-state index in [1.54, 1.807) is 18.2 Å². The summed E-state index contributed by atoms with van der Waals surface area (Å²) in [5, 5.41) is 20.5. The molecular formula is C13H13BrClNO2. The lowest BCUT2D eigenvalue weighted by Gasteiger charge is -2.35. The molecule has 2 unspecified atom stereocenters. The van der Waals surface area contributed by atoms with Gasteiger partial charge in [0.25, 0.3) is 0 Å². The Morgan fingerprint density at radius 1 is 1.56 bits per heavy atom. The van der Waals surface area contributed by atoms with E-state index in [9.17, 15) is 10.4 Å². The molecule has 2 rings (SSSR count). The Balaban J connectivity index is 2.34. The van der Waals surface area contributed by atoms with Crippen LogP contribution in [0.5, 0.6) is 0 Å². The van der Waals surface area contributed by atoms with Crippen molar-refractivity contribution in [2.45, 2.75) is 18.9 Å². The Labute approximate surface area is 119 Å². The zero-order chi connectivity index (χ0) is 13.2. The fourth-order valence-electron chi connectivity index (χ4n) is 2.20. The maximum atomic E-state index is 10.5. The monoisotopic (exact) mass is 329 g/mol. The number of halogens is 2. The van der Waals surface area contributed by atoms with Gasteiger partial charge in [-0.15, -0.1) is 0 Å². The fourth-order valence-corrected chi connectivity index (χ4v) is 3.10. The zero-order valence-electron chi connectivity index (χ0n) is 9.70. The maximum Gasteiger partial charge on any atom is 0.111 e. The van der Waals surface area contributed by atoms with E-state index < -0.39 is 11.5 Å². The molecule has 5 heteroatoms. The average Bonchev–Trinajstić information content (AvgIpc) is 2.39. The van der Waals surface area contributed by atoms with Gasteiger partial charge in [-0.2, -0.15) is 5.26 Å². The largest absolute Gasteiger partial charge is 0.387 e. The van der Waals surface area contributed by atoms with Crippen LogP contribution in [0.4, 0.5) is 0 Å². The molecule has 96 valence electrons. The molecule has 0 spiro atoms. The number of benzene rings is 1. The molecule has 0 aliphatic carbocycles. The normalized spacial score (nSPS) is 25.4. The summed E-state index contributed by atoms with van der Waals surface area (Å²) in [4.78, 5) is 0. The predicted molar refractivity (Wildman–Crippen MR) is 72.2 cm³/mol. The molecule has 3 nitrogen and oxygen atoms in total. The van der Waals surface area contributed by atoms with Gasteiger partial charge < -0.3 is 9.84 Å². The van der Waals surface area contributed by atoms with E-state index in [4.69, 9.17) is 16.3 Å². The first-order chi connectivity index (χ1) is 8.59. The molecule has 1 aromatic rings. The summed E-state index contributed by atoms with van der Waals surface area (Å²) in [6, 6.07) is 7.39. The molecule has 0 radical (unpaired) electrons. The number of hydrogen-bond donors (Lipinski definition) is 1. The zero-order valence-corrected chi connectivity index (χ0v) is 12.0. The highest BCUT2D eigenvalue weighted by atomic mass is 79.9. The van der Waals surface area contributed by atoms with Crippen molar-refractivity contribution in [3.8, 4) is 6.07 Å². The molecule has 2 atom stereocenters. The number of nitrogens with zero attached hydrogens (tertiary/aromatic N) is 1. The van der Waals surface area contributed by atoms with E-state index in [0.717, 1.165) is 6.42 Å². The summed E-state index contributed by atoms with van der Waals surface area (Å²) in [6.45, 7) is 0.914. The van der Waals surface area contributed by atoms with Gasteiger partial charge in [0, 0.05) is 16.1 Å². The highest BCUT2D eigenvalue weighted by molar-refractivity contribution is 9.10. The number of aliphatic hydroxyl groups excluding tert-OH is 1. The van der Waals surface area contributed by atoms with Crippen molar-refractivity contribution in [3.63, 3.8) is 0 Å². The van der Waals surface area contributed by atoms with E-state index in [-0.39, 0.29) is 6.61 Å². The quantitative estimate of drug-likeness (QED) is 0.903. The van der Waals surface area contributed by atoms with Crippen molar-refractivity contribution in [2.24, 2.45) is 5.41 Å². The first-order valence-electron chi connectivity index (χ1n) is 5.71. The van der Waals surface area contributed by atoms with Crippen molar-refractivity contribution in [2.75, 3.05) is 13.2 Å². The SMILES string of the molecule is N#CC1(C(O)c2ccc(Cl)cc2Br)CCCOC1. The number of hydrogen-bond acceptors (Lipinski definition) is 3. The summed E-state index contributed by atoms with van der Waals surface area (Å²) >= 11 is 9.25. The van der Waals surface area contributed by atoms with E-state index in [0.29, 0.717) is 28.1 Å². The van der Waals surface area contributed by atoms with Gasteiger partial charge in [0.2, 0.25) is 0 Å². The summed E-state index contributed by atoms with van der Waals surface area (Å²) in [7, 11) is 0. The van der Waals surface area contributed by atoms with E-state index in [1.165, 1.54) is 0 Å². The first kappa shape index (κ1) is 13.8. The third kappa shape index (κ3) is 2.55. The van der Waals surface area contributed by atoms with E-state index in [2.05, 4.69) is 22.0 Å². The molecular weight excluding hydrogens is 318 g/mol. The lowest BCUT2D eigenvalue weighted by atomic mass is 9.76. The van der Waals surface area contributed by atoms with Crippen LogP contribution in [-0.4, -0.2) is 18.3 Å². The lowest BCUT2D eigenvalue weighted by molar-refractivity contribution is -0.0508. The highest BCUT2D eigenvalue weighted by Gasteiger charge is 2.41. The third-order valence-electron chi connectivity index (χ3n) is 3.27. The minimum Gasteiger partial charge on any atom is -0.387 e. The molecule has 1 aromatic carbocycles. The molecule has 1 saturated heterocycles. The summed E-state index contributed by atoms with van der Waals surface area (Å²) in [6.07, 6.45) is 0.546. The molecule has 0 bridgehead atoms. The number of aliphatic hydroxyl groups is 1. The molecule has 1 aliphatic heterocycles. The Morgan fingerprint density at radius 3 is 2.89 bits per heavy atom. The van der Waals surface area contributed by atoms with Crippen molar-refractivity contribution >= 4 is 27.5 Å². The number of rotatable bonds is 2. The Morgan fingerprint density at radius 2 is 2.33 bits per heavy atom. The predicted octanol–water partition coefficient (Wildman–Crippen LogP) is 3.46. The van der Waals surface area contributed by atoms with E-state index in [1.807, 2.05) is 0 Å². The van der Waals surface area contributed by atoms with Gasteiger partial charge in [0.1, 0.15) is 11.5 Å². The van der Waals surface area contributed by atoms with Crippen LogP contribution in [0.3, 0.4) is 0 Å². The van der Waals surface area contributed by atoms with Crippen molar-refractivity contribution in [1.29, 1.82) is 5.26 Å². The Bertz CT molecular complexity index is 480. The second-order valence-electron chi connectivity index (χ2n) is 4.49. The van der Waals surface area contributed by atoms with Gasteiger partial charge in [0.15, 0.2) is 0 Å². The molecule has 18 heavy (non-hydrogen) atoms. The summed E-state index contributed by atoms with van der Waals surface area (Å²) in [5.74, 6) is 0. The molecule has 1 N–H and O–H groups in total. The molecule has 1 fully saturated rings. The van der Waals surface area contributed by atoms with Gasteiger partial charge >= 0.3 is 0 Å². The average molecular weight is 331 g/mol. The van der Waals surface area contributed by atoms with Gasteiger partial charge in [0.05, 0.1) is 12.7 Å². The van der Waals surface area contributed by atoms with Crippen molar-refractivity contribution in [1.82, 2.24) is 0 Å². The van der Waals surface area contributed by atoms with Crippen LogP contribution >= 0.6 is 27.5 Å². The summed E-state index contributed by atoms with van der Waals surface area (Å²) < 4.78 is 6.07. The van der Waals surface area contributed by atoms with E-state index >= 15 is 0 Å². The minimum atomic E-state index is -0.880. The lowest BCUT2D eigenvalue weighted by Crippen LogP contribution is -2.36. The van der Waals surface area contributed by atoms with Crippen LogP contribution < -0.4 is 0 Å². The molecule has 1 heterocycles. The van der Waals surface area contributed by atoms with Crippen LogP contribution in [0, 0.1) is 16.7 Å². The summed E-state index contributed by atoms with van der Waals surface area (Å²) in [5.41, 5.74) is -0.194. The van der Waals surface area contributed by atoms with Crippen LogP contribution in [0.1, 0.15) is 24.5 Å². The van der Waals surface area contributed by atoms with Crippen LogP contribution in [0.2, 0.25) is 5.02 Å². The van der Waals surface area contributed by atoms with Gasteiger partial charge in [-0.3, -0.25) is 0 Å². The Kier molecular flexibility index (Phi) is 4.29. The van der Waals surface area contributed by atoms with Crippen LogP contribution in [0.15, 0.2) is 22.7 Å². The highest BCUT2D eigenvalue weighted by Crippen LogP contribution is 2.42. The standard InChI is InChI=1S/C13H13BrClNO2/c14-11-6-9(15)2-3-10(11)12(17)13(7-16)4-1-5-18-8-13/h2-3,6,12,17H,1,4-5,8H2. The molecule has 1 aliphatic rings.